The van der Waals surface area contributed by atoms with E-state index in [0.29, 0.717) is 23.4 Å². The Labute approximate surface area is 247 Å². The molecule has 2 aliphatic rings. The first-order valence-corrected chi connectivity index (χ1v) is 14.8. The lowest BCUT2D eigenvalue weighted by Gasteiger charge is -2.26. The second kappa shape index (κ2) is 12.5. The van der Waals surface area contributed by atoms with Crippen molar-refractivity contribution in [2.45, 2.75) is 32.7 Å². The smallest absolute Gasteiger partial charge is 0.258 e. The number of anilines is 3. The Morgan fingerprint density at radius 1 is 0.833 bits per heavy atom. The average Bonchev–Trinajstić information content (AvgIpc) is 3.37. The number of piperidine rings is 1. The highest BCUT2D eigenvalue weighted by Crippen LogP contribution is 2.38. The van der Waals surface area contributed by atoms with Crippen molar-refractivity contribution in [1.82, 2.24) is 4.90 Å². The minimum Gasteiger partial charge on any atom is -0.354 e. The molecule has 4 aromatic carbocycles. The second-order valence-corrected chi connectivity index (χ2v) is 10.9. The van der Waals surface area contributed by atoms with Gasteiger partial charge in [-0.1, -0.05) is 73.2 Å². The summed E-state index contributed by atoms with van der Waals surface area (Å²) in [6.45, 7) is 5.78. The molecule has 6 heteroatoms. The number of likely N-dealkylation sites (tertiary alicyclic amines) is 1. The number of carbonyl (C=O) groups excluding carboxylic acids is 2. The van der Waals surface area contributed by atoms with E-state index in [2.05, 4.69) is 39.8 Å². The molecular weight excluding hydrogens is 520 g/mol. The number of para-hydroxylation sites is 1. The topological polar surface area (TPSA) is 64.7 Å². The molecule has 0 aromatic heterocycles. The number of rotatable bonds is 8. The quantitative estimate of drug-likeness (QED) is 0.224. The van der Waals surface area contributed by atoms with Gasteiger partial charge in [0.05, 0.1) is 11.3 Å². The first-order valence-electron chi connectivity index (χ1n) is 14.8. The van der Waals surface area contributed by atoms with Gasteiger partial charge in [-0.05, 0) is 80.4 Å². The molecule has 6 nitrogen and oxygen atoms in total. The second-order valence-electron chi connectivity index (χ2n) is 10.9. The summed E-state index contributed by atoms with van der Waals surface area (Å²) >= 11 is 0. The monoisotopic (exact) mass is 556 g/mol. The Kier molecular flexibility index (Phi) is 8.15. The van der Waals surface area contributed by atoms with Crippen molar-refractivity contribution in [3.8, 4) is 0 Å². The van der Waals surface area contributed by atoms with Crippen LogP contribution >= 0.6 is 0 Å². The Hall–Kier alpha value is -4.68. The maximum absolute atomic E-state index is 13.5. The minimum atomic E-state index is -0.196. The molecular formula is C36H36N4O2. The predicted molar refractivity (Wildman–Crippen MR) is 171 cm³/mol. The number of hydrogen-bond acceptors (Lipinski definition) is 4. The molecule has 0 aliphatic carbocycles. The molecule has 0 unspecified atom stereocenters. The van der Waals surface area contributed by atoms with Crippen LogP contribution in [0, 0.1) is 0 Å². The van der Waals surface area contributed by atoms with E-state index in [-0.39, 0.29) is 11.8 Å². The van der Waals surface area contributed by atoms with Gasteiger partial charge in [0.15, 0.2) is 0 Å². The molecule has 1 fully saturated rings. The van der Waals surface area contributed by atoms with Crippen LogP contribution in [0.4, 0.5) is 17.1 Å². The van der Waals surface area contributed by atoms with Crippen LogP contribution in [-0.2, 0) is 11.3 Å². The highest BCUT2D eigenvalue weighted by molar-refractivity contribution is 6.37. The molecule has 0 spiro atoms. The Morgan fingerprint density at radius 2 is 1.52 bits per heavy atom. The van der Waals surface area contributed by atoms with Crippen molar-refractivity contribution < 1.29 is 9.59 Å². The number of nitrogens with zero attached hydrogens (tertiary/aromatic N) is 2. The number of fused-ring (bicyclic) bond motifs is 1. The third-order valence-corrected chi connectivity index (χ3v) is 8.03. The molecule has 0 bridgehead atoms. The van der Waals surface area contributed by atoms with E-state index in [1.54, 1.807) is 11.0 Å². The van der Waals surface area contributed by atoms with Gasteiger partial charge in [0.2, 0.25) is 0 Å². The highest BCUT2D eigenvalue weighted by Gasteiger charge is 2.30. The van der Waals surface area contributed by atoms with Crippen molar-refractivity contribution in [3.63, 3.8) is 0 Å². The van der Waals surface area contributed by atoms with Gasteiger partial charge in [0.25, 0.3) is 11.8 Å². The third-order valence-electron chi connectivity index (χ3n) is 8.03. The summed E-state index contributed by atoms with van der Waals surface area (Å²) in [4.78, 5) is 31.2. The molecule has 212 valence electrons. The molecule has 0 atom stereocenters. The van der Waals surface area contributed by atoms with E-state index in [0.717, 1.165) is 47.8 Å². The zero-order valence-corrected chi connectivity index (χ0v) is 24.0. The van der Waals surface area contributed by atoms with E-state index in [4.69, 9.17) is 0 Å². The van der Waals surface area contributed by atoms with Crippen LogP contribution in [-0.4, -0.2) is 36.3 Å². The van der Waals surface area contributed by atoms with Crippen LogP contribution in [0.2, 0.25) is 0 Å². The summed E-state index contributed by atoms with van der Waals surface area (Å²) in [6, 6.07) is 33.5. The van der Waals surface area contributed by atoms with Gasteiger partial charge in [0.1, 0.15) is 0 Å². The molecule has 2 N–H and O–H groups in total. The highest BCUT2D eigenvalue weighted by atomic mass is 16.2. The molecule has 42 heavy (non-hydrogen) atoms. The van der Waals surface area contributed by atoms with Gasteiger partial charge in [-0.25, -0.2) is 0 Å². The zero-order chi connectivity index (χ0) is 28.9. The van der Waals surface area contributed by atoms with Gasteiger partial charge < -0.3 is 15.5 Å². The number of nitrogens with one attached hydrogen (secondary N) is 2. The van der Waals surface area contributed by atoms with Gasteiger partial charge in [-0.15, -0.1) is 0 Å². The van der Waals surface area contributed by atoms with E-state index in [9.17, 15) is 9.59 Å². The maximum Gasteiger partial charge on any atom is 0.258 e. The SMILES string of the molecule is CCN(C(=O)c1ccc2c(c1)NC(=O)C2=C(Nc1ccc(CN2CCCCC2)cc1)c1ccccc1)c1ccccc1. The van der Waals surface area contributed by atoms with Gasteiger partial charge in [0, 0.05) is 41.3 Å². The van der Waals surface area contributed by atoms with Crippen molar-refractivity contribution in [2.24, 2.45) is 0 Å². The van der Waals surface area contributed by atoms with Crippen molar-refractivity contribution in [2.75, 3.05) is 35.2 Å². The van der Waals surface area contributed by atoms with E-state index >= 15 is 0 Å². The standard InChI is InChI=1S/C36H36N4O2/c1-2-40(30-14-8-4-9-15-30)36(42)28-18-21-31-32(24-28)38-35(41)33(31)34(27-12-6-3-7-13-27)37-29-19-16-26(17-20-29)25-39-22-10-5-11-23-39/h3-4,6-9,12-21,24,37H,2,5,10-11,22-23,25H2,1H3,(H,38,41). The fraction of sp³-hybridized carbons (Fsp3) is 0.222. The lowest BCUT2D eigenvalue weighted by molar-refractivity contribution is -0.110. The lowest BCUT2D eigenvalue weighted by atomic mass is 9.98. The van der Waals surface area contributed by atoms with Crippen LogP contribution in [0.15, 0.2) is 103 Å². The normalized spacial score (nSPS) is 16.0. The predicted octanol–water partition coefficient (Wildman–Crippen LogP) is 7.27. The van der Waals surface area contributed by atoms with E-state index < -0.39 is 0 Å². The summed E-state index contributed by atoms with van der Waals surface area (Å²) in [5.74, 6) is -0.303. The Morgan fingerprint density at radius 3 is 2.21 bits per heavy atom. The largest absolute Gasteiger partial charge is 0.354 e. The molecule has 4 aromatic rings. The van der Waals surface area contributed by atoms with Crippen LogP contribution in [0.5, 0.6) is 0 Å². The summed E-state index contributed by atoms with van der Waals surface area (Å²) in [7, 11) is 0. The maximum atomic E-state index is 13.5. The third kappa shape index (κ3) is 5.85. The molecule has 2 aliphatic heterocycles. The first-order chi connectivity index (χ1) is 20.6. The average molecular weight is 557 g/mol. The molecule has 1 saturated heterocycles. The van der Waals surface area contributed by atoms with Gasteiger partial charge in [-0.2, -0.15) is 0 Å². The Balaban J connectivity index is 1.31. The molecule has 6 rings (SSSR count). The number of hydrogen-bond donors (Lipinski definition) is 2. The summed E-state index contributed by atoms with van der Waals surface area (Å²) in [5.41, 5.74) is 7.18. The first kappa shape index (κ1) is 27.5. The van der Waals surface area contributed by atoms with Crippen LogP contribution in [0.1, 0.15) is 53.2 Å². The fourth-order valence-electron chi connectivity index (χ4n) is 5.86. The molecule has 2 amide bonds. The van der Waals surface area contributed by atoms with Crippen molar-refractivity contribution >= 4 is 40.1 Å². The van der Waals surface area contributed by atoms with Crippen LogP contribution < -0.4 is 15.5 Å². The number of carbonyl (C=O) groups is 2. The van der Waals surface area contributed by atoms with Gasteiger partial charge in [-0.3, -0.25) is 14.5 Å². The summed E-state index contributed by atoms with van der Waals surface area (Å²) in [5, 5.41) is 6.57. The van der Waals surface area contributed by atoms with Crippen LogP contribution in [0.25, 0.3) is 11.3 Å². The number of benzene rings is 4. The van der Waals surface area contributed by atoms with E-state index in [1.807, 2.05) is 79.7 Å². The molecule has 2 heterocycles. The lowest BCUT2D eigenvalue weighted by Crippen LogP contribution is -2.30. The molecule has 0 radical (unpaired) electrons. The van der Waals surface area contributed by atoms with Crippen molar-refractivity contribution in [3.05, 3.63) is 125 Å². The summed E-state index contributed by atoms with van der Waals surface area (Å²) in [6.07, 6.45) is 3.88. The van der Waals surface area contributed by atoms with E-state index in [1.165, 1.54) is 24.8 Å². The zero-order valence-electron chi connectivity index (χ0n) is 24.0. The minimum absolute atomic E-state index is 0.107. The molecule has 0 saturated carbocycles. The fourth-order valence-corrected chi connectivity index (χ4v) is 5.86. The van der Waals surface area contributed by atoms with Crippen molar-refractivity contribution in [1.29, 1.82) is 0 Å². The number of amides is 2. The Bertz CT molecular complexity index is 1590. The van der Waals surface area contributed by atoms with Crippen LogP contribution in [0.3, 0.4) is 0 Å². The van der Waals surface area contributed by atoms with Gasteiger partial charge >= 0.3 is 0 Å². The summed E-state index contributed by atoms with van der Waals surface area (Å²) < 4.78 is 0.